The first-order chi connectivity index (χ1) is 6.19. The van der Waals surface area contributed by atoms with Crippen LogP contribution in [0.1, 0.15) is 17.7 Å². The van der Waals surface area contributed by atoms with E-state index in [4.69, 9.17) is 5.11 Å². The average molecular weight is 189 g/mol. The Labute approximate surface area is 73.6 Å². The number of hydrogen-bond donors (Lipinski definition) is 2. The van der Waals surface area contributed by atoms with Crippen LogP contribution >= 0.6 is 0 Å². The molecule has 2 N–H and O–H groups in total. The molecule has 0 spiro atoms. The van der Waals surface area contributed by atoms with Gasteiger partial charge < -0.3 is 10.4 Å². The third-order valence-corrected chi connectivity index (χ3v) is 1.50. The summed E-state index contributed by atoms with van der Waals surface area (Å²) < 4.78 is 24.6. The molecule has 0 bridgehead atoms. The fourth-order valence-corrected chi connectivity index (χ4v) is 0.851. The number of rotatable bonds is 3. The minimum absolute atomic E-state index is 0.0500. The normalized spacial score (nSPS) is 10.5. The predicted octanol–water partition coefficient (Wildman–Crippen LogP) is 0.948. The second kappa shape index (κ2) is 4.08. The minimum atomic E-state index is -2.70. The number of nitrogens with one attached hydrogen (secondary N) is 1. The van der Waals surface area contributed by atoms with Crippen molar-refractivity contribution in [3.8, 4) is 0 Å². The van der Waals surface area contributed by atoms with Crippen LogP contribution in [-0.4, -0.2) is 22.1 Å². The Morgan fingerprint density at radius 1 is 1.62 bits per heavy atom. The fraction of sp³-hybridized carbons (Fsp3) is 0.429. The van der Waals surface area contributed by atoms with Gasteiger partial charge in [0.05, 0.1) is 6.61 Å². The maximum atomic E-state index is 12.3. The topological polar surface area (TPSA) is 58.0 Å². The molecule has 1 aromatic heterocycles. The first kappa shape index (κ1) is 9.79. The molecule has 1 rings (SSSR count). The van der Waals surface area contributed by atoms with E-state index in [2.05, 4.69) is 15.3 Å². The highest BCUT2D eigenvalue weighted by atomic mass is 19.3. The zero-order chi connectivity index (χ0) is 9.84. The van der Waals surface area contributed by atoms with Crippen molar-refractivity contribution in [3.63, 3.8) is 0 Å². The van der Waals surface area contributed by atoms with Crippen LogP contribution in [-0.2, 0) is 6.61 Å². The van der Waals surface area contributed by atoms with Crippen LogP contribution < -0.4 is 5.32 Å². The van der Waals surface area contributed by atoms with Gasteiger partial charge in [-0.25, -0.2) is 18.7 Å². The Bertz CT molecular complexity index is 293. The monoisotopic (exact) mass is 189 g/mol. The van der Waals surface area contributed by atoms with Gasteiger partial charge >= 0.3 is 0 Å². The second-order valence-corrected chi connectivity index (χ2v) is 2.31. The van der Waals surface area contributed by atoms with Crippen molar-refractivity contribution in [3.05, 3.63) is 17.5 Å². The lowest BCUT2D eigenvalue weighted by Gasteiger charge is -2.06. The summed E-state index contributed by atoms with van der Waals surface area (Å²) in [4.78, 5) is 7.22. The van der Waals surface area contributed by atoms with Gasteiger partial charge in [-0.05, 0) is 0 Å². The molecule has 0 fully saturated rings. The van der Waals surface area contributed by atoms with Gasteiger partial charge in [-0.15, -0.1) is 0 Å². The molecule has 13 heavy (non-hydrogen) atoms. The highest BCUT2D eigenvalue weighted by Gasteiger charge is 2.15. The second-order valence-electron chi connectivity index (χ2n) is 2.31. The van der Waals surface area contributed by atoms with Crippen LogP contribution in [0.25, 0.3) is 0 Å². The van der Waals surface area contributed by atoms with Gasteiger partial charge in [0.1, 0.15) is 5.69 Å². The molecule has 6 heteroatoms. The predicted molar refractivity (Wildman–Crippen MR) is 42.5 cm³/mol. The van der Waals surface area contributed by atoms with E-state index in [1.807, 2.05) is 0 Å². The summed E-state index contributed by atoms with van der Waals surface area (Å²) in [7, 11) is 1.53. The van der Waals surface area contributed by atoms with E-state index in [0.29, 0.717) is 0 Å². The van der Waals surface area contributed by atoms with Crippen LogP contribution in [0.15, 0.2) is 6.20 Å². The molecule has 0 saturated carbocycles. The lowest BCUT2D eigenvalue weighted by Crippen LogP contribution is -2.04. The van der Waals surface area contributed by atoms with Crippen LogP contribution in [0.3, 0.4) is 0 Å². The molecule has 1 aromatic rings. The van der Waals surface area contributed by atoms with Crippen molar-refractivity contribution in [1.29, 1.82) is 0 Å². The number of hydrogen-bond acceptors (Lipinski definition) is 4. The minimum Gasteiger partial charge on any atom is -0.392 e. The van der Waals surface area contributed by atoms with E-state index in [1.54, 1.807) is 0 Å². The molecular weight excluding hydrogens is 180 g/mol. The zero-order valence-corrected chi connectivity index (χ0v) is 6.96. The Morgan fingerprint density at radius 2 is 2.31 bits per heavy atom. The van der Waals surface area contributed by atoms with Gasteiger partial charge in [0.15, 0.2) is 0 Å². The Hall–Kier alpha value is -1.30. The molecule has 0 aromatic carbocycles. The highest BCUT2D eigenvalue weighted by molar-refractivity contribution is 5.29. The van der Waals surface area contributed by atoms with Crippen molar-refractivity contribution >= 4 is 5.95 Å². The van der Waals surface area contributed by atoms with E-state index < -0.39 is 18.7 Å². The third-order valence-electron chi connectivity index (χ3n) is 1.50. The molecule has 0 unspecified atom stereocenters. The van der Waals surface area contributed by atoms with Gasteiger partial charge in [0.25, 0.3) is 6.43 Å². The number of aliphatic hydroxyl groups excluding tert-OH is 1. The van der Waals surface area contributed by atoms with Crippen molar-refractivity contribution in [2.75, 3.05) is 12.4 Å². The summed E-state index contributed by atoms with van der Waals surface area (Å²) in [6, 6.07) is 0. The number of alkyl halides is 2. The van der Waals surface area contributed by atoms with Crippen LogP contribution in [0.5, 0.6) is 0 Å². The molecule has 0 atom stereocenters. The smallest absolute Gasteiger partial charge is 0.280 e. The van der Waals surface area contributed by atoms with Crippen LogP contribution in [0.2, 0.25) is 0 Å². The summed E-state index contributed by atoms with van der Waals surface area (Å²) in [5.74, 6) is 0.118. The van der Waals surface area contributed by atoms with Crippen LogP contribution in [0.4, 0.5) is 14.7 Å². The SMILES string of the molecule is CNc1ncc(CO)c(C(F)F)n1. The molecule has 0 saturated heterocycles. The third kappa shape index (κ3) is 2.09. The standard InChI is InChI=1S/C7H9F2N3O/c1-10-7-11-2-4(3-13)5(12-7)6(8)9/h2,6,13H,3H2,1H3,(H,10,11,12). The molecular formula is C7H9F2N3O. The first-order valence-electron chi connectivity index (χ1n) is 3.61. The summed E-state index contributed by atoms with van der Waals surface area (Å²) in [5, 5.41) is 11.2. The van der Waals surface area contributed by atoms with E-state index in [-0.39, 0.29) is 11.5 Å². The number of halogens is 2. The Kier molecular flexibility index (Phi) is 3.07. The first-order valence-corrected chi connectivity index (χ1v) is 3.61. The molecule has 0 aliphatic rings. The van der Waals surface area contributed by atoms with E-state index in [9.17, 15) is 8.78 Å². The summed E-state index contributed by atoms with van der Waals surface area (Å²) in [6.45, 7) is -0.482. The maximum absolute atomic E-state index is 12.3. The molecule has 1 heterocycles. The van der Waals surface area contributed by atoms with Gasteiger partial charge in [0, 0.05) is 18.8 Å². The summed E-state index contributed by atoms with van der Waals surface area (Å²) in [6.07, 6.45) is -1.52. The number of aromatic nitrogens is 2. The Morgan fingerprint density at radius 3 is 2.77 bits per heavy atom. The lowest BCUT2D eigenvalue weighted by molar-refractivity contribution is 0.141. The molecule has 0 radical (unpaired) electrons. The maximum Gasteiger partial charge on any atom is 0.280 e. The van der Waals surface area contributed by atoms with Crippen molar-refractivity contribution in [1.82, 2.24) is 9.97 Å². The van der Waals surface area contributed by atoms with Crippen molar-refractivity contribution in [2.45, 2.75) is 13.0 Å². The van der Waals surface area contributed by atoms with E-state index in [0.717, 1.165) is 0 Å². The molecule has 0 aliphatic carbocycles. The van der Waals surface area contributed by atoms with Gasteiger partial charge in [-0.1, -0.05) is 0 Å². The highest BCUT2D eigenvalue weighted by Crippen LogP contribution is 2.21. The summed E-state index contributed by atoms with van der Waals surface area (Å²) >= 11 is 0. The van der Waals surface area contributed by atoms with E-state index >= 15 is 0 Å². The van der Waals surface area contributed by atoms with Gasteiger partial charge in [0.2, 0.25) is 5.95 Å². The number of nitrogens with zero attached hydrogens (tertiary/aromatic N) is 2. The molecule has 0 aliphatic heterocycles. The average Bonchev–Trinajstić information content (AvgIpc) is 2.16. The lowest BCUT2D eigenvalue weighted by atomic mass is 10.2. The quantitative estimate of drug-likeness (QED) is 0.743. The fourth-order valence-electron chi connectivity index (χ4n) is 0.851. The number of aliphatic hydroxyl groups is 1. The van der Waals surface area contributed by atoms with Gasteiger partial charge in [-0.2, -0.15) is 0 Å². The van der Waals surface area contributed by atoms with Gasteiger partial charge in [-0.3, -0.25) is 0 Å². The molecule has 72 valence electrons. The zero-order valence-electron chi connectivity index (χ0n) is 6.96. The van der Waals surface area contributed by atoms with Crippen LogP contribution in [0, 0.1) is 0 Å². The molecule has 0 amide bonds. The molecule has 4 nitrogen and oxygen atoms in total. The number of anilines is 1. The van der Waals surface area contributed by atoms with E-state index in [1.165, 1.54) is 13.2 Å². The summed E-state index contributed by atoms with van der Waals surface area (Å²) in [5.41, 5.74) is -0.379. The van der Waals surface area contributed by atoms with Crippen molar-refractivity contribution < 1.29 is 13.9 Å². The Balaban J connectivity index is 3.10. The van der Waals surface area contributed by atoms with Crippen molar-refractivity contribution in [2.24, 2.45) is 0 Å². The largest absolute Gasteiger partial charge is 0.392 e.